The highest BCUT2D eigenvalue weighted by Gasteiger charge is 2.48. The maximum absolute atomic E-state index is 4.15. The zero-order valence-electron chi connectivity index (χ0n) is 37.8. The fourth-order valence-electron chi connectivity index (χ4n) is 12.0. The molecule has 4 saturated carbocycles. The quantitative estimate of drug-likeness (QED) is 0.311. The van der Waals surface area contributed by atoms with Gasteiger partial charge in [0.15, 0.2) is 0 Å². The van der Waals surface area contributed by atoms with E-state index in [1.54, 1.807) is 25.7 Å². The van der Waals surface area contributed by atoms with Crippen molar-refractivity contribution in [1.29, 1.82) is 0 Å². The van der Waals surface area contributed by atoms with E-state index in [0.717, 1.165) is 77.7 Å². The lowest BCUT2D eigenvalue weighted by molar-refractivity contribution is -0.0758. The van der Waals surface area contributed by atoms with Crippen LogP contribution < -0.4 is 5.32 Å². The highest BCUT2D eigenvalue weighted by molar-refractivity contribution is 5.25. The Morgan fingerprint density at radius 1 is 0.709 bits per heavy atom. The zero-order valence-corrected chi connectivity index (χ0v) is 37.8. The Labute approximate surface area is 340 Å². The van der Waals surface area contributed by atoms with Crippen LogP contribution in [-0.4, -0.2) is 107 Å². The van der Waals surface area contributed by atoms with Gasteiger partial charge in [-0.3, -0.25) is 19.7 Å². The van der Waals surface area contributed by atoms with Crippen molar-refractivity contribution in [3.8, 4) is 0 Å². The van der Waals surface area contributed by atoms with Gasteiger partial charge in [0.25, 0.3) is 0 Å². The molecule has 1 N–H and O–H groups in total. The van der Waals surface area contributed by atoms with Crippen LogP contribution in [0, 0.1) is 34.5 Å². The average molecular weight is 761 g/mol. The van der Waals surface area contributed by atoms with Gasteiger partial charge < -0.3 is 10.2 Å². The fourth-order valence-corrected chi connectivity index (χ4v) is 12.0. The molecule has 4 unspecified atom stereocenters. The summed E-state index contributed by atoms with van der Waals surface area (Å²) in [5.74, 6) is 4.17. The first-order chi connectivity index (χ1) is 26.2. The fraction of sp³-hybridized carbons (Fsp3) is 0.898. The van der Waals surface area contributed by atoms with Gasteiger partial charge >= 0.3 is 0 Å². The number of pyridine rings is 1. The third-order valence-corrected chi connectivity index (χ3v) is 15.9. The average Bonchev–Trinajstić information content (AvgIpc) is 3.88. The predicted molar refractivity (Wildman–Crippen MR) is 235 cm³/mol. The molecule has 2 spiro atoms. The topological polar surface area (TPSA) is 37.9 Å². The maximum Gasteiger partial charge on any atom is 0.0303 e. The van der Waals surface area contributed by atoms with E-state index in [-0.39, 0.29) is 0 Å². The van der Waals surface area contributed by atoms with E-state index in [0.29, 0.717) is 6.04 Å². The second kappa shape index (κ2) is 19.3. The van der Waals surface area contributed by atoms with Gasteiger partial charge in [-0.2, -0.15) is 0 Å². The Morgan fingerprint density at radius 3 is 1.78 bits per heavy atom. The van der Waals surface area contributed by atoms with Crippen LogP contribution in [0.1, 0.15) is 164 Å². The van der Waals surface area contributed by atoms with Crippen molar-refractivity contribution >= 4 is 0 Å². The molecule has 10 rings (SSSR count). The molecule has 8 fully saturated rings. The van der Waals surface area contributed by atoms with Crippen LogP contribution in [0.25, 0.3) is 0 Å². The molecule has 4 saturated heterocycles. The Morgan fingerprint density at radius 2 is 1.33 bits per heavy atom. The summed E-state index contributed by atoms with van der Waals surface area (Å²) < 4.78 is 0. The molecule has 6 heterocycles. The number of rotatable bonds is 6. The molecule has 5 aliphatic heterocycles. The third-order valence-electron chi connectivity index (χ3n) is 15.9. The molecule has 0 amide bonds. The Bertz CT molecular complexity index is 1270. The predicted octanol–water partition coefficient (Wildman–Crippen LogP) is 9.91. The monoisotopic (exact) mass is 761 g/mol. The number of aromatic nitrogens is 1. The Balaban J connectivity index is 0.000000117. The number of piperazine rings is 1. The van der Waals surface area contributed by atoms with E-state index in [1.165, 1.54) is 115 Å². The molecule has 9 aliphatic rings. The molecule has 1 aromatic heterocycles. The van der Waals surface area contributed by atoms with Crippen LogP contribution in [0.5, 0.6) is 0 Å². The Hall–Kier alpha value is -1.05. The van der Waals surface area contributed by atoms with Crippen LogP contribution in [-0.2, 0) is 13.0 Å². The summed E-state index contributed by atoms with van der Waals surface area (Å²) in [7, 11) is 0. The molecule has 0 aromatic carbocycles. The van der Waals surface area contributed by atoms with Crippen molar-refractivity contribution in [3.63, 3.8) is 0 Å². The van der Waals surface area contributed by atoms with Gasteiger partial charge in [-0.25, -0.2) is 0 Å². The van der Waals surface area contributed by atoms with Gasteiger partial charge in [-0.15, -0.1) is 0 Å². The number of nitrogens with one attached hydrogen (secondary N) is 1. The lowest BCUT2D eigenvalue weighted by atomic mass is 9.51. The summed E-state index contributed by atoms with van der Waals surface area (Å²) in [6.45, 7) is 33.4. The number of nitrogens with zero attached hydrogens (tertiary/aromatic N) is 5. The molecule has 2 bridgehead atoms. The maximum atomic E-state index is 4.15. The largest absolute Gasteiger partial charge is 0.311 e. The van der Waals surface area contributed by atoms with Gasteiger partial charge in [0.2, 0.25) is 0 Å². The van der Waals surface area contributed by atoms with Gasteiger partial charge in [-0.1, -0.05) is 33.1 Å². The van der Waals surface area contributed by atoms with Crippen molar-refractivity contribution in [2.24, 2.45) is 34.5 Å². The van der Waals surface area contributed by atoms with Crippen LogP contribution in [0.2, 0.25) is 0 Å². The summed E-state index contributed by atoms with van der Waals surface area (Å²) in [4.78, 5) is 14.5. The number of fused-ring (bicyclic) bond motifs is 4. The summed E-state index contributed by atoms with van der Waals surface area (Å²) in [5, 5.41) is 3.50. The SMILES string of the molecule is CC(C)CC1CC2(CCC2)C1.CC(C)N1CC2(CCC2)C1.CC(C)N1CC2CC1CN2.CC(C)N1CC2CCCC2C1.CC(C)N1CCc2cnccc2C1. The number of hydrogen-bond acceptors (Lipinski definition) is 6. The van der Waals surface area contributed by atoms with E-state index in [4.69, 9.17) is 0 Å². The van der Waals surface area contributed by atoms with E-state index in [1.807, 2.05) is 12.4 Å². The Kier molecular flexibility index (Phi) is 15.3. The van der Waals surface area contributed by atoms with E-state index in [2.05, 4.69) is 105 Å². The number of hydrogen-bond donors (Lipinski definition) is 1. The second-order valence-corrected chi connectivity index (χ2v) is 21.9. The van der Waals surface area contributed by atoms with Crippen molar-refractivity contribution in [3.05, 3.63) is 29.6 Å². The minimum Gasteiger partial charge on any atom is -0.311 e. The number of likely N-dealkylation sites (tertiary alicyclic amines) is 3. The first-order valence-electron chi connectivity index (χ1n) is 23.9. The van der Waals surface area contributed by atoms with Crippen molar-refractivity contribution in [2.75, 3.05) is 45.8 Å². The van der Waals surface area contributed by atoms with Gasteiger partial charge in [0.05, 0.1) is 0 Å². The lowest BCUT2D eigenvalue weighted by Gasteiger charge is -2.57. The molecule has 6 nitrogen and oxygen atoms in total. The minimum atomic E-state index is 0.654. The third kappa shape index (κ3) is 11.4. The van der Waals surface area contributed by atoms with E-state index < -0.39 is 0 Å². The first kappa shape index (κ1) is 43.5. The highest BCUT2D eigenvalue weighted by atomic mass is 15.3. The molecule has 1 aromatic rings. The molecule has 6 heteroatoms. The summed E-state index contributed by atoms with van der Waals surface area (Å²) in [6.07, 6.45) is 24.7. The molecular weight excluding hydrogens is 673 g/mol. The van der Waals surface area contributed by atoms with Gasteiger partial charge in [0.1, 0.15) is 0 Å². The first-order valence-corrected chi connectivity index (χ1v) is 23.9. The highest BCUT2D eigenvalue weighted by Crippen LogP contribution is 2.60. The van der Waals surface area contributed by atoms with Crippen LogP contribution in [0.3, 0.4) is 0 Å². The summed E-state index contributed by atoms with van der Waals surface area (Å²) in [6, 6.07) is 6.77. The van der Waals surface area contributed by atoms with Crippen molar-refractivity contribution in [2.45, 2.75) is 202 Å². The summed E-state index contributed by atoms with van der Waals surface area (Å²) >= 11 is 0. The van der Waals surface area contributed by atoms with Gasteiger partial charge in [-0.05, 0) is 178 Å². The summed E-state index contributed by atoms with van der Waals surface area (Å²) in [5.41, 5.74) is 4.61. The lowest BCUT2D eigenvalue weighted by Crippen LogP contribution is -2.61. The molecular formula is C49H88N6. The smallest absolute Gasteiger partial charge is 0.0303 e. The van der Waals surface area contributed by atoms with Crippen molar-refractivity contribution in [1.82, 2.24) is 29.9 Å². The van der Waals surface area contributed by atoms with Crippen LogP contribution in [0.4, 0.5) is 0 Å². The molecule has 314 valence electrons. The minimum absolute atomic E-state index is 0.654. The molecule has 4 atom stereocenters. The van der Waals surface area contributed by atoms with Crippen LogP contribution in [0.15, 0.2) is 18.5 Å². The van der Waals surface area contributed by atoms with Crippen molar-refractivity contribution < 1.29 is 0 Å². The molecule has 0 radical (unpaired) electrons. The molecule has 4 aliphatic carbocycles. The molecule has 55 heavy (non-hydrogen) atoms. The van der Waals surface area contributed by atoms with Gasteiger partial charge in [0, 0.05) is 101 Å². The van der Waals surface area contributed by atoms with E-state index >= 15 is 0 Å². The standard InChI is InChI=1S/C11H16N2.C11H20.C10H19N.C9H17N.C8H16N2/c1-9(2)13-6-4-10-7-12-5-3-11(10)8-13;1-9(2)6-10-7-11(8-10)4-3-5-11;1-8(2)11-6-9-4-3-5-10(9)7-11;1-8(2)10-6-9(7-10)4-3-5-9;1-6(2)10-5-7-3-8(10)4-9-7/h3,5,7,9H,4,6,8H2,1-2H3;9-10H,3-8H2,1-2H3;8-10H,3-7H2,1-2H3;8H,3-7H2,1-2H3;6-9H,3-5H2,1-2H3. The van der Waals surface area contributed by atoms with E-state index in [9.17, 15) is 0 Å². The normalized spacial score (nSPS) is 30.3. The van der Waals surface area contributed by atoms with Crippen LogP contribution >= 0.6 is 0 Å². The second-order valence-electron chi connectivity index (χ2n) is 21.9. The zero-order chi connectivity index (χ0) is 39.3.